The second-order valence-electron chi connectivity index (χ2n) is 4.60. The fourth-order valence-electron chi connectivity index (χ4n) is 2.02. The number of halogens is 2. The molecule has 3 rings (SSSR count). The van der Waals surface area contributed by atoms with Crippen LogP contribution < -0.4 is 5.32 Å². The molecule has 6 heteroatoms. The van der Waals surface area contributed by atoms with Gasteiger partial charge in [-0.15, -0.1) is 0 Å². The molecule has 0 aliphatic rings. The van der Waals surface area contributed by atoms with Crippen molar-refractivity contribution in [2.75, 3.05) is 5.32 Å². The van der Waals surface area contributed by atoms with Gasteiger partial charge in [0.15, 0.2) is 5.69 Å². The maximum Gasteiger partial charge on any atom is 0.277 e. The van der Waals surface area contributed by atoms with E-state index in [1.165, 1.54) is 0 Å². The topological polar surface area (TPSA) is 57.8 Å². The number of rotatable bonds is 3. The number of hydrogen-bond donors (Lipinski definition) is 2. The van der Waals surface area contributed by atoms with Crippen LogP contribution >= 0.6 is 31.9 Å². The summed E-state index contributed by atoms with van der Waals surface area (Å²) in [5.74, 6) is -0.277. The van der Waals surface area contributed by atoms with Crippen LogP contribution in [0.3, 0.4) is 0 Å². The van der Waals surface area contributed by atoms with Gasteiger partial charge in [0.2, 0.25) is 0 Å². The number of carbonyl (C=O) groups is 1. The summed E-state index contributed by atoms with van der Waals surface area (Å²) in [6, 6.07) is 17.8. The smallest absolute Gasteiger partial charge is 0.277 e. The van der Waals surface area contributed by atoms with E-state index < -0.39 is 0 Å². The summed E-state index contributed by atoms with van der Waals surface area (Å²) in [4.78, 5) is 12.2. The van der Waals surface area contributed by atoms with Gasteiger partial charge in [-0.2, -0.15) is 5.10 Å². The highest BCUT2D eigenvalue weighted by Crippen LogP contribution is 2.25. The molecule has 1 amide bonds. The summed E-state index contributed by atoms with van der Waals surface area (Å²) in [6.45, 7) is 0. The number of aromatic amines is 1. The second-order valence-corrected chi connectivity index (χ2v) is 6.18. The first kappa shape index (κ1) is 15.0. The number of carbonyl (C=O) groups excluding carboxylic acids is 1. The number of amides is 1. The van der Waals surface area contributed by atoms with Gasteiger partial charge in [-0.1, -0.05) is 42.5 Å². The average Bonchev–Trinajstić information content (AvgIpc) is 2.88. The number of aromatic nitrogens is 2. The van der Waals surface area contributed by atoms with E-state index in [2.05, 4.69) is 47.4 Å². The molecular weight excluding hydrogens is 410 g/mol. The number of nitrogens with one attached hydrogen (secondary N) is 2. The summed E-state index contributed by atoms with van der Waals surface area (Å²) in [6.07, 6.45) is 0. The normalized spacial score (nSPS) is 10.5. The van der Waals surface area contributed by atoms with E-state index >= 15 is 0 Å². The highest BCUT2D eigenvalue weighted by Gasteiger charge is 2.16. The van der Waals surface area contributed by atoms with Gasteiger partial charge in [-0.05, 0) is 55.1 Å². The van der Waals surface area contributed by atoms with E-state index in [4.69, 9.17) is 0 Å². The SMILES string of the molecule is O=C(Nc1ccc(-c2ccccc2)cc1)c1n[nH]c(Br)c1Br. The second kappa shape index (κ2) is 6.46. The number of benzene rings is 2. The van der Waals surface area contributed by atoms with Crippen LogP contribution in [0.15, 0.2) is 63.7 Å². The maximum absolute atomic E-state index is 12.2. The number of nitrogens with zero attached hydrogens (tertiary/aromatic N) is 1. The van der Waals surface area contributed by atoms with E-state index in [9.17, 15) is 4.79 Å². The van der Waals surface area contributed by atoms with Gasteiger partial charge in [0.05, 0.1) is 4.47 Å². The van der Waals surface area contributed by atoms with Crippen molar-refractivity contribution in [3.05, 3.63) is 69.4 Å². The standard InChI is InChI=1S/C16H11Br2N3O/c17-13-14(20-21-15(13)18)16(22)19-12-8-6-11(7-9-12)10-4-2-1-3-5-10/h1-9H,(H,19,22)(H,20,21). The Morgan fingerprint density at radius 2 is 1.59 bits per heavy atom. The number of hydrogen-bond acceptors (Lipinski definition) is 2. The number of anilines is 1. The van der Waals surface area contributed by atoms with Gasteiger partial charge in [-0.3, -0.25) is 9.89 Å². The van der Waals surface area contributed by atoms with Gasteiger partial charge < -0.3 is 5.32 Å². The Labute approximate surface area is 144 Å². The van der Waals surface area contributed by atoms with Crippen LogP contribution in [-0.2, 0) is 0 Å². The molecule has 22 heavy (non-hydrogen) atoms. The van der Waals surface area contributed by atoms with Crippen molar-refractivity contribution in [2.45, 2.75) is 0 Å². The summed E-state index contributed by atoms with van der Waals surface area (Å²) in [5.41, 5.74) is 3.26. The molecule has 4 nitrogen and oxygen atoms in total. The molecule has 1 heterocycles. The molecule has 0 bridgehead atoms. The van der Waals surface area contributed by atoms with Crippen LogP contribution in [0.2, 0.25) is 0 Å². The minimum atomic E-state index is -0.277. The van der Waals surface area contributed by atoms with E-state index in [0.717, 1.165) is 16.8 Å². The van der Waals surface area contributed by atoms with Gasteiger partial charge in [-0.25, -0.2) is 0 Å². The van der Waals surface area contributed by atoms with Gasteiger partial charge in [0, 0.05) is 5.69 Å². The molecule has 2 aromatic carbocycles. The molecule has 2 N–H and O–H groups in total. The Hall–Kier alpha value is -1.92. The minimum Gasteiger partial charge on any atom is -0.321 e. The lowest BCUT2D eigenvalue weighted by Gasteiger charge is -2.06. The molecule has 0 aliphatic heterocycles. The zero-order valence-corrected chi connectivity index (χ0v) is 14.5. The van der Waals surface area contributed by atoms with Crippen molar-refractivity contribution >= 4 is 43.5 Å². The monoisotopic (exact) mass is 419 g/mol. The molecule has 0 spiro atoms. The van der Waals surface area contributed by atoms with Crippen LogP contribution in [0.1, 0.15) is 10.5 Å². The van der Waals surface area contributed by atoms with Crippen LogP contribution in [0.5, 0.6) is 0 Å². The highest BCUT2D eigenvalue weighted by atomic mass is 79.9. The van der Waals surface area contributed by atoms with Gasteiger partial charge >= 0.3 is 0 Å². The van der Waals surface area contributed by atoms with Gasteiger partial charge in [0.25, 0.3) is 5.91 Å². The molecule has 0 saturated heterocycles. The van der Waals surface area contributed by atoms with Crippen LogP contribution in [0, 0.1) is 0 Å². The lowest BCUT2D eigenvalue weighted by molar-refractivity contribution is 0.102. The molecule has 0 radical (unpaired) electrons. The molecule has 3 aromatic rings. The van der Waals surface area contributed by atoms with Crippen LogP contribution in [0.4, 0.5) is 5.69 Å². The number of H-pyrrole nitrogens is 1. The van der Waals surface area contributed by atoms with Crippen molar-refractivity contribution in [1.29, 1.82) is 0 Å². The van der Waals surface area contributed by atoms with Crippen molar-refractivity contribution in [3.8, 4) is 11.1 Å². The molecule has 110 valence electrons. The molecule has 0 unspecified atom stereocenters. The predicted molar refractivity (Wildman–Crippen MR) is 93.8 cm³/mol. The van der Waals surface area contributed by atoms with E-state index in [1.807, 2.05) is 54.6 Å². The van der Waals surface area contributed by atoms with E-state index in [-0.39, 0.29) is 5.91 Å². The Morgan fingerprint density at radius 3 is 2.18 bits per heavy atom. The van der Waals surface area contributed by atoms with E-state index in [1.54, 1.807) is 0 Å². The third-order valence-electron chi connectivity index (χ3n) is 3.13. The molecule has 0 aliphatic carbocycles. The molecule has 0 saturated carbocycles. The van der Waals surface area contributed by atoms with Crippen LogP contribution in [-0.4, -0.2) is 16.1 Å². The summed E-state index contributed by atoms with van der Waals surface area (Å²) < 4.78 is 1.24. The summed E-state index contributed by atoms with van der Waals surface area (Å²) in [7, 11) is 0. The molecular formula is C16H11Br2N3O. The maximum atomic E-state index is 12.2. The lowest BCUT2D eigenvalue weighted by Crippen LogP contribution is -2.12. The third kappa shape index (κ3) is 3.13. The predicted octanol–water partition coefficient (Wildman–Crippen LogP) is 4.85. The summed E-state index contributed by atoms with van der Waals surface area (Å²) >= 11 is 6.57. The first-order valence-corrected chi connectivity index (χ1v) is 8.10. The van der Waals surface area contributed by atoms with Crippen molar-refractivity contribution in [1.82, 2.24) is 10.2 Å². The van der Waals surface area contributed by atoms with Crippen LogP contribution in [0.25, 0.3) is 11.1 Å². The first-order chi connectivity index (χ1) is 10.6. The highest BCUT2D eigenvalue weighted by molar-refractivity contribution is 9.13. The van der Waals surface area contributed by atoms with Crippen molar-refractivity contribution in [3.63, 3.8) is 0 Å². The summed E-state index contributed by atoms with van der Waals surface area (Å²) in [5, 5.41) is 9.46. The Bertz CT molecular complexity index is 798. The zero-order valence-electron chi connectivity index (χ0n) is 11.3. The Kier molecular flexibility index (Phi) is 4.40. The van der Waals surface area contributed by atoms with E-state index in [0.29, 0.717) is 14.8 Å². The van der Waals surface area contributed by atoms with Crippen molar-refractivity contribution < 1.29 is 4.79 Å². The fourth-order valence-corrected chi connectivity index (χ4v) is 2.66. The largest absolute Gasteiger partial charge is 0.321 e. The Balaban J connectivity index is 1.77. The Morgan fingerprint density at radius 1 is 0.955 bits per heavy atom. The molecule has 0 fully saturated rings. The first-order valence-electron chi connectivity index (χ1n) is 6.51. The van der Waals surface area contributed by atoms with Crippen molar-refractivity contribution in [2.24, 2.45) is 0 Å². The minimum absolute atomic E-state index is 0.277. The quantitative estimate of drug-likeness (QED) is 0.635. The molecule has 1 aromatic heterocycles. The van der Waals surface area contributed by atoms with Gasteiger partial charge in [0.1, 0.15) is 4.60 Å². The third-order valence-corrected chi connectivity index (χ3v) is 5.01. The fraction of sp³-hybridized carbons (Fsp3) is 0. The molecule has 0 atom stereocenters. The zero-order chi connectivity index (χ0) is 15.5. The average molecular weight is 421 g/mol. The lowest BCUT2D eigenvalue weighted by atomic mass is 10.1.